The Kier molecular flexibility index (Phi) is 10.2. The predicted octanol–water partition coefficient (Wildman–Crippen LogP) is 1.90. The first kappa shape index (κ1) is 26.8. The first-order valence-electron chi connectivity index (χ1n) is 10.4. The fourth-order valence-electron chi connectivity index (χ4n) is 2.86. The predicted molar refractivity (Wildman–Crippen MR) is 128 cm³/mol. The molecule has 2 aromatic rings. The third kappa shape index (κ3) is 7.81. The second-order valence-electron chi connectivity index (χ2n) is 6.99. The normalized spacial score (nSPS) is 10.9. The van der Waals surface area contributed by atoms with E-state index in [-0.39, 0.29) is 65.6 Å². The molecule has 0 unspecified atom stereocenters. The molecule has 0 saturated heterocycles. The van der Waals surface area contributed by atoms with Crippen LogP contribution < -0.4 is 29.8 Å². The highest BCUT2D eigenvalue weighted by Crippen LogP contribution is 2.37. The van der Waals surface area contributed by atoms with E-state index in [2.05, 4.69) is 21.1 Å². The molecule has 2 aromatic carbocycles. The van der Waals surface area contributed by atoms with Gasteiger partial charge in [0.1, 0.15) is 0 Å². The summed E-state index contributed by atoms with van der Waals surface area (Å²) in [6.07, 6.45) is 3.17. The number of aromatic hydroxyl groups is 2. The summed E-state index contributed by atoms with van der Waals surface area (Å²) in [5, 5.41) is 27.5. The number of rotatable bonds is 12. The van der Waals surface area contributed by atoms with Crippen LogP contribution in [-0.2, 0) is 9.59 Å². The quantitative estimate of drug-likeness (QED) is 0.260. The van der Waals surface area contributed by atoms with E-state index in [0.29, 0.717) is 11.1 Å². The number of phenols is 2. The Balaban J connectivity index is 1.78. The van der Waals surface area contributed by atoms with E-state index in [4.69, 9.17) is 18.9 Å². The average molecular weight is 488 g/mol. The van der Waals surface area contributed by atoms with E-state index in [1.165, 1.54) is 65.1 Å². The highest BCUT2D eigenvalue weighted by Gasteiger charge is 2.11. The molecule has 35 heavy (non-hydrogen) atoms. The monoisotopic (exact) mass is 488 g/mol. The lowest BCUT2D eigenvalue weighted by atomic mass is 10.2. The molecule has 2 amide bonds. The highest BCUT2D eigenvalue weighted by atomic mass is 16.5. The third-order valence-corrected chi connectivity index (χ3v) is 4.62. The number of nitrogens with one attached hydrogen (secondary N) is 2. The Morgan fingerprint density at radius 1 is 0.714 bits per heavy atom. The lowest BCUT2D eigenvalue weighted by Crippen LogP contribution is -2.20. The zero-order valence-corrected chi connectivity index (χ0v) is 19.8. The number of hydrogen-bond donors (Lipinski definition) is 4. The van der Waals surface area contributed by atoms with E-state index in [1.54, 1.807) is 0 Å². The molecule has 0 aliphatic heterocycles. The topological polar surface area (TPSA) is 160 Å². The van der Waals surface area contributed by atoms with E-state index in [9.17, 15) is 19.8 Å². The van der Waals surface area contributed by atoms with Crippen LogP contribution in [0.3, 0.4) is 0 Å². The summed E-state index contributed by atoms with van der Waals surface area (Å²) in [6, 6.07) is 6.12. The molecule has 0 aliphatic carbocycles. The van der Waals surface area contributed by atoms with Crippen molar-refractivity contribution in [2.24, 2.45) is 10.2 Å². The van der Waals surface area contributed by atoms with Crippen molar-refractivity contribution in [3.05, 3.63) is 35.4 Å². The molecule has 0 spiro atoms. The minimum absolute atomic E-state index is 0.0725. The van der Waals surface area contributed by atoms with Gasteiger partial charge in [0.2, 0.25) is 23.3 Å². The molecule has 12 nitrogen and oxygen atoms in total. The van der Waals surface area contributed by atoms with Crippen LogP contribution in [0, 0.1) is 0 Å². The van der Waals surface area contributed by atoms with E-state index in [0.717, 1.165) is 0 Å². The smallest absolute Gasteiger partial charge is 0.240 e. The zero-order valence-electron chi connectivity index (χ0n) is 19.8. The van der Waals surface area contributed by atoms with Gasteiger partial charge in [-0.05, 0) is 30.7 Å². The van der Waals surface area contributed by atoms with Gasteiger partial charge in [0.25, 0.3) is 0 Å². The van der Waals surface area contributed by atoms with Crippen LogP contribution in [0.15, 0.2) is 34.5 Å². The molecule has 0 fully saturated rings. The van der Waals surface area contributed by atoms with Crippen molar-refractivity contribution < 1.29 is 38.7 Å². The summed E-state index contributed by atoms with van der Waals surface area (Å²) in [4.78, 5) is 23.9. The van der Waals surface area contributed by atoms with Gasteiger partial charge in [-0.3, -0.25) is 9.59 Å². The van der Waals surface area contributed by atoms with Gasteiger partial charge in [-0.1, -0.05) is 0 Å². The summed E-state index contributed by atoms with van der Waals surface area (Å²) < 4.78 is 20.2. The minimum Gasteiger partial charge on any atom is -0.502 e. The summed E-state index contributed by atoms with van der Waals surface area (Å²) >= 11 is 0. The maximum Gasteiger partial charge on any atom is 0.240 e. The molecular formula is C23H28N4O8. The van der Waals surface area contributed by atoms with Crippen molar-refractivity contribution in [2.75, 3.05) is 28.4 Å². The van der Waals surface area contributed by atoms with Crippen LogP contribution in [0.2, 0.25) is 0 Å². The van der Waals surface area contributed by atoms with E-state index >= 15 is 0 Å². The van der Waals surface area contributed by atoms with Crippen LogP contribution >= 0.6 is 0 Å². The number of phenolic OH excluding ortho intramolecular Hbond substituents is 2. The lowest BCUT2D eigenvalue weighted by Gasteiger charge is -2.09. The van der Waals surface area contributed by atoms with Gasteiger partial charge >= 0.3 is 0 Å². The maximum atomic E-state index is 11.9. The maximum absolute atomic E-state index is 11.9. The Hall–Kier alpha value is -4.48. The zero-order chi connectivity index (χ0) is 25.8. The van der Waals surface area contributed by atoms with Crippen molar-refractivity contribution in [3.63, 3.8) is 0 Å². The molecule has 0 atom stereocenters. The van der Waals surface area contributed by atoms with Gasteiger partial charge in [0.15, 0.2) is 23.0 Å². The average Bonchev–Trinajstić information content (AvgIpc) is 2.85. The number of amides is 2. The first-order valence-corrected chi connectivity index (χ1v) is 10.4. The minimum atomic E-state index is -0.376. The molecule has 2 rings (SSSR count). The summed E-state index contributed by atoms with van der Waals surface area (Å²) in [7, 11) is 5.61. The van der Waals surface area contributed by atoms with Gasteiger partial charge in [-0.15, -0.1) is 0 Å². The van der Waals surface area contributed by atoms with Crippen LogP contribution in [0.5, 0.6) is 34.5 Å². The van der Waals surface area contributed by atoms with Crippen molar-refractivity contribution in [3.8, 4) is 34.5 Å². The number of hydrazone groups is 2. The largest absolute Gasteiger partial charge is 0.502 e. The van der Waals surface area contributed by atoms with Gasteiger partial charge < -0.3 is 29.2 Å². The second kappa shape index (κ2) is 13.3. The summed E-state index contributed by atoms with van der Waals surface area (Å²) in [5.41, 5.74) is 5.81. The third-order valence-electron chi connectivity index (χ3n) is 4.62. The van der Waals surface area contributed by atoms with Crippen LogP contribution in [0.4, 0.5) is 0 Å². The number of nitrogens with zero attached hydrogens (tertiary/aromatic N) is 2. The summed E-state index contributed by atoms with van der Waals surface area (Å²) in [6.45, 7) is 0. The van der Waals surface area contributed by atoms with Crippen LogP contribution in [0.1, 0.15) is 30.4 Å². The Labute approximate surface area is 202 Å². The molecule has 0 saturated carbocycles. The van der Waals surface area contributed by atoms with E-state index < -0.39 is 0 Å². The Morgan fingerprint density at radius 3 is 1.31 bits per heavy atom. The number of hydrogen-bond acceptors (Lipinski definition) is 10. The molecule has 0 bridgehead atoms. The number of ether oxygens (including phenoxy) is 4. The van der Waals surface area contributed by atoms with Gasteiger partial charge in [-0.2, -0.15) is 10.2 Å². The molecule has 0 heterocycles. The number of carbonyl (C=O) groups excluding carboxylic acids is 2. The molecule has 4 N–H and O–H groups in total. The first-order chi connectivity index (χ1) is 16.8. The van der Waals surface area contributed by atoms with E-state index in [1.807, 2.05) is 0 Å². The lowest BCUT2D eigenvalue weighted by molar-refractivity contribution is -0.122. The number of methoxy groups -OCH3 is 4. The number of carbonyl (C=O) groups is 2. The van der Waals surface area contributed by atoms with Crippen LogP contribution in [0.25, 0.3) is 0 Å². The van der Waals surface area contributed by atoms with Crippen molar-refractivity contribution in [1.82, 2.24) is 10.9 Å². The molecule has 188 valence electrons. The second-order valence-corrected chi connectivity index (χ2v) is 6.99. The van der Waals surface area contributed by atoms with Gasteiger partial charge in [0.05, 0.1) is 40.9 Å². The fraction of sp³-hybridized carbons (Fsp3) is 0.304. The van der Waals surface area contributed by atoms with Gasteiger partial charge in [0, 0.05) is 24.0 Å². The van der Waals surface area contributed by atoms with Gasteiger partial charge in [-0.25, -0.2) is 10.9 Å². The summed E-state index contributed by atoms with van der Waals surface area (Å²) in [5.74, 6) is -0.215. The highest BCUT2D eigenvalue weighted by molar-refractivity contribution is 5.85. The van der Waals surface area contributed by atoms with Crippen molar-refractivity contribution in [2.45, 2.75) is 19.3 Å². The SMILES string of the molecule is COc1cc(/C=N/NC(=O)CCCC(=O)N/N=C/c2cc(OC)c(O)c(OC)c2)cc(OC)c1O. The standard InChI is InChI=1S/C23H28N4O8/c1-32-16-8-14(9-17(33-2)22(16)30)12-24-26-20(28)6-5-7-21(29)27-25-13-15-10-18(34-3)23(31)19(11-15)35-4/h8-13,30-31H,5-7H2,1-4H3,(H,26,28)(H,27,29)/b24-12+,25-13+. The molecule has 0 aromatic heterocycles. The fourth-order valence-corrected chi connectivity index (χ4v) is 2.86. The Bertz CT molecular complexity index is 965. The molecular weight excluding hydrogens is 460 g/mol. The molecule has 0 radical (unpaired) electrons. The van der Waals surface area contributed by atoms with Crippen LogP contribution in [-0.4, -0.2) is 62.9 Å². The van der Waals surface area contributed by atoms with Crippen molar-refractivity contribution >= 4 is 24.2 Å². The number of benzene rings is 2. The Morgan fingerprint density at radius 2 is 1.03 bits per heavy atom. The molecule has 0 aliphatic rings. The van der Waals surface area contributed by atoms with Crippen molar-refractivity contribution in [1.29, 1.82) is 0 Å². The molecule has 12 heteroatoms.